The molecule has 2 aromatic rings. The van der Waals surface area contributed by atoms with Crippen molar-refractivity contribution in [2.24, 2.45) is 5.92 Å². The quantitative estimate of drug-likeness (QED) is 0.934. The van der Waals surface area contributed by atoms with Gasteiger partial charge >= 0.3 is 5.97 Å². The number of carboxylic acids is 1. The van der Waals surface area contributed by atoms with Crippen LogP contribution in [0.1, 0.15) is 6.92 Å². The third-order valence-electron chi connectivity index (χ3n) is 3.06. The average Bonchev–Trinajstić information content (AvgIpc) is 2.37. The highest BCUT2D eigenvalue weighted by molar-refractivity contribution is 6.31. The van der Waals surface area contributed by atoms with E-state index in [2.05, 4.69) is 4.98 Å². The number of rotatable bonds is 4. The molecule has 0 amide bonds. The molecule has 0 saturated heterocycles. The summed E-state index contributed by atoms with van der Waals surface area (Å²) in [5.41, 5.74) is 1.76. The van der Waals surface area contributed by atoms with Gasteiger partial charge in [0.15, 0.2) is 0 Å². The first-order valence-electron chi connectivity index (χ1n) is 5.97. The molecule has 0 aliphatic carbocycles. The maximum absolute atomic E-state index is 10.9. The fraction of sp³-hybridized carbons (Fsp3) is 0.286. The molecule has 4 nitrogen and oxygen atoms in total. The van der Waals surface area contributed by atoms with Gasteiger partial charge in [-0.1, -0.05) is 18.5 Å². The SMILES string of the molecule is CC(CN(C)c1ccnc2cc(Cl)ccc12)C(=O)O. The number of carbonyl (C=O) groups is 1. The minimum atomic E-state index is -0.798. The number of halogens is 1. The molecule has 5 heteroatoms. The monoisotopic (exact) mass is 278 g/mol. The first kappa shape index (κ1) is 13.6. The van der Waals surface area contributed by atoms with Crippen LogP contribution in [0, 0.1) is 5.92 Å². The molecule has 1 aromatic carbocycles. The van der Waals surface area contributed by atoms with Crippen LogP contribution in [0.4, 0.5) is 5.69 Å². The van der Waals surface area contributed by atoms with Gasteiger partial charge in [0.1, 0.15) is 0 Å². The van der Waals surface area contributed by atoms with Gasteiger partial charge in [0, 0.05) is 35.9 Å². The largest absolute Gasteiger partial charge is 0.481 e. The Hall–Kier alpha value is -1.81. The van der Waals surface area contributed by atoms with Crippen molar-refractivity contribution in [3.8, 4) is 0 Å². The fourth-order valence-electron chi connectivity index (χ4n) is 2.03. The van der Waals surface area contributed by atoms with Crippen LogP contribution in [0.2, 0.25) is 5.02 Å². The summed E-state index contributed by atoms with van der Waals surface area (Å²) in [5.74, 6) is -1.23. The highest BCUT2D eigenvalue weighted by Crippen LogP contribution is 2.27. The number of nitrogens with zero attached hydrogens (tertiary/aromatic N) is 2. The van der Waals surface area contributed by atoms with Crippen LogP contribution in [0.25, 0.3) is 10.9 Å². The Labute approximate surface area is 116 Å². The molecule has 0 aliphatic heterocycles. The van der Waals surface area contributed by atoms with Crippen LogP contribution in [0.3, 0.4) is 0 Å². The van der Waals surface area contributed by atoms with E-state index in [1.165, 1.54) is 0 Å². The number of pyridine rings is 1. The van der Waals surface area contributed by atoms with Gasteiger partial charge in [-0.05, 0) is 24.3 Å². The van der Waals surface area contributed by atoms with E-state index in [4.69, 9.17) is 16.7 Å². The Morgan fingerprint density at radius 1 is 1.47 bits per heavy atom. The number of aliphatic carboxylic acids is 1. The summed E-state index contributed by atoms with van der Waals surface area (Å²) in [5, 5.41) is 10.6. The summed E-state index contributed by atoms with van der Waals surface area (Å²) < 4.78 is 0. The summed E-state index contributed by atoms with van der Waals surface area (Å²) in [4.78, 5) is 17.1. The molecule has 0 fully saturated rings. The van der Waals surface area contributed by atoms with Crippen molar-refractivity contribution >= 4 is 34.2 Å². The topological polar surface area (TPSA) is 53.4 Å². The number of hydrogen-bond acceptors (Lipinski definition) is 3. The van der Waals surface area contributed by atoms with Gasteiger partial charge in [-0.15, -0.1) is 0 Å². The van der Waals surface area contributed by atoms with Crippen molar-refractivity contribution in [2.45, 2.75) is 6.92 Å². The molecule has 1 atom stereocenters. The zero-order valence-corrected chi connectivity index (χ0v) is 11.6. The van der Waals surface area contributed by atoms with Crippen molar-refractivity contribution in [1.29, 1.82) is 0 Å². The Kier molecular flexibility index (Phi) is 3.90. The predicted octanol–water partition coefficient (Wildman–Crippen LogP) is 3.05. The van der Waals surface area contributed by atoms with E-state index < -0.39 is 11.9 Å². The normalized spacial score (nSPS) is 12.4. The van der Waals surface area contributed by atoms with Gasteiger partial charge in [0.05, 0.1) is 11.4 Å². The fourth-order valence-corrected chi connectivity index (χ4v) is 2.19. The third-order valence-corrected chi connectivity index (χ3v) is 3.30. The molecule has 1 N–H and O–H groups in total. The summed E-state index contributed by atoms with van der Waals surface area (Å²) in [6.07, 6.45) is 1.70. The maximum Gasteiger partial charge on any atom is 0.308 e. The molecule has 2 rings (SSSR count). The number of hydrogen-bond donors (Lipinski definition) is 1. The Bertz CT molecular complexity index is 615. The second-order valence-corrected chi connectivity index (χ2v) is 5.05. The highest BCUT2D eigenvalue weighted by atomic mass is 35.5. The minimum absolute atomic E-state index is 0.430. The van der Waals surface area contributed by atoms with E-state index in [1.807, 2.05) is 30.1 Å². The van der Waals surface area contributed by atoms with Crippen LogP contribution in [0.5, 0.6) is 0 Å². The summed E-state index contributed by atoms with van der Waals surface area (Å²) in [7, 11) is 1.88. The average molecular weight is 279 g/mol. The number of fused-ring (bicyclic) bond motifs is 1. The lowest BCUT2D eigenvalue weighted by Crippen LogP contribution is -2.28. The third kappa shape index (κ3) is 2.96. The van der Waals surface area contributed by atoms with Crippen LogP contribution in [0.15, 0.2) is 30.5 Å². The highest BCUT2D eigenvalue weighted by Gasteiger charge is 2.15. The van der Waals surface area contributed by atoms with Crippen molar-refractivity contribution < 1.29 is 9.90 Å². The number of aromatic nitrogens is 1. The van der Waals surface area contributed by atoms with E-state index in [0.29, 0.717) is 11.6 Å². The van der Waals surface area contributed by atoms with Gasteiger partial charge in [0.2, 0.25) is 0 Å². The molecule has 0 spiro atoms. The smallest absolute Gasteiger partial charge is 0.308 e. The molecule has 0 saturated carbocycles. The second-order valence-electron chi connectivity index (χ2n) is 4.61. The predicted molar refractivity (Wildman–Crippen MR) is 76.8 cm³/mol. The lowest BCUT2D eigenvalue weighted by atomic mass is 10.1. The van der Waals surface area contributed by atoms with Gasteiger partial charge < -0.3 is 10.0 Å². The van der Waals surface area contributed by atoms with E-state index in [-0.39, 0.29) is 0 Å². The molecule has 1 unspecified atom stereocenters. The van der Waals surface area contributed by atoms with Crippen molar-refractivity contribution in [3.05, 3.63) is 35.5 Å². The zero-order valence-electron chi connectivity index (χ0n) is 10.8. The lowest BCUT2D eigenvalue weighted by Gasteiger charge is -2.22. The minimum Gasteiger partial charge on any atom is -0.481 e. The van der Waals surface area contributed by atoms with Gasteiger partial charge in [-0.2, -0.15) is 0 Å². The number of benzene rings is 1. The number of carboxylic acid groups (broad SMARTS) is 1. The Morgan fingerprint density at radius 2 is 2.21 bits per heavy atom. The Morgan fingerprint density at radius 3 is 2.89 bits per heavy atom. The molecule has 19 heavy (non-hydrogen) atoms. The molecule has 1 aromatic heterocycles. The first-order chi connectivity index (χ1) is 8.99. The molecular formula is C14H15ClN2O2. The molecule has 0 bridgehead atoms. The van der Waals surface area contributed by atoms with Crippen LogP contribution in [-0.2, 0) is 4.79 Å². The summed E-state index contributed by atoms with van der Waals surface area (Å²) in [6.45, 7) is 2.14. The van der Waals surface area contributed by atoms with Gasteiger partial charge in [0.25, 0.3) is 0 Å². The Balaban J connectivity index is 2.36. The van der Waals surface area contributed by atoms with Crippen molar-refractivity contribution in [2.75, 3.05) is 18.5 Å². The second kappa shape index (κ2) is 5.45. The van der Waals surface area contributed by atoms with Crippen LogP contribution >= 0.6 is 11.6 Å². The number of anilines is 1. The molecule has 100 valence electrons. The van der Waals surface area contributed by atoms with Gasteiger partial charge in [-0.3, -0.25) is 9.78 Å². The molecule has 0 radical (unpaired) electrons. The first-order valence-corrected chi connectivity index (χ1v) is 6.35. The molecule has 1 heterocycles. The van der Waals surface area contributed by atoms with Gasteiger partial charge in [-0.25, -0.2) is 0 Å². The molecule has 0 aliphatic rings. The molecular weight excluding hydrogens is 264 g/mol. The van der Waals surface area contributed by atoms with Crippen molar-refractivity contribution in [1.82, 2.24) is 4.98 Å². The lowest BCUT2D eigenvalue weighted by molar-refractivity contribution is -0.140. The standard InChI is InChI=1S/C14H15ClN2O2/c1-9(14(18)19)8-17(2)13-5-6-16-12-7-10(15)3-4-11(12)13/h3-7,9H,8H2,1-2H3,(H,18,19). The van der Waals surface area contributed by atoms with E-state index in [0.717, 1.165) is 16.6 Å². The van der Waals surface area contributed by atoms with Crippen LogP contribution < -0.4 is 4.90 Å². The summed E-state index contributed by atoms with van der Waals surface area (Å²) in [6, 6.07) is 7.39. The van der Waals surface area contributed by atoms with Crippen LogP contribution in [-0.4, -0.2) is 29.7 Å². The maximum atomic E-state index is 10.9. The zero-order chi connectivity index (χ0) is 14.0. The van der Waals surface area contributed by atoms with E-state index in [1.54, 1.807) is 19.2 Å². The van der Waals surface area contributed by atoms with E-state index >= 15 is 0 Å². The van der Waals surface area contributed by atoms with Crippen molar-refractivity contribution in [3.63, 3.8) is 0 Å². The van der Waals surface area contributed by atoms with E-state index in [9.17, 15) is 4.79 Å². The summed E-state index contributed by atoms with van der Waals surface area (Å²) >= 11 is 5.95.